The van der Waals surface area contributed by atoms with Crippen LogP contribution < -0.4 is 11.1 Å². The van der Waals surface area contributed by atoms with Gasteiger partial charge in [-0.2, -0.15) is 0 Å². The van der Waals surface area contributed by atoms with E-state index in [1.807, 2.05) is 34.9 Å². The summed E-state index contributed by atoms with van der Waals surface area (Å²) >= 11 is 1.37. The summed E-state index contributed by atoms with van der Waals surface area (Å²) in [5, 5.41) is 12.3. The molecule has 164 valence electrons. The fourth-order valence-electron chi connectivity index (χ4n) is 3.20. The average Bonchev–Trinajstić information content (AvgIpc) is 3.05. The van der Waals surface area contributed by atoms with E-state index >= 15 is 0 Å². The molecule has 2 amide bonds. The summed E-state index contributed by atoms with van der Waals surface area (Å²) in [6.45, 7) is 9.24. The lowest BCUT2D eigenvalue weighted by atomic mass is 9.97. The summed E-state index contributed by atoms with van der Waals surface area (Å²) in [6, 6.07) is 10.0. The highest BCUT2D eigenvalue weighted by atomic mass is 32.2. The van der Waals surface area contributed by atoms with Crippen LogP contribution in [0.25, 0.3) is 0 Å². The first-order chi connectivity index (χ1) is 14.3. The number of primary amides is 1. The van der Waals surface area contributed by atoms with E-state index in [0.29, 0.717) is 23.4 Å². The molecular weight excluding hydrogens is 398 g/mol. The fourth-order valence-corrected chi connectivity index (χ4v) is 3.97. The van der Waals surface area contributed by atoms with Gasteiger partial charge in [-0.25, -0.2) is 0 Å². The highest BCUT2D eigenvalue weighted by Crippen LogP contribution is 2.23. The summed E-state index contributed by atoms with van der Waals surface area (Å²) < 4.78 is 1.99. The number of thioether (sulfide) groups is 1. The molecule has 2 aromatic rings. The highest BCUT2D eigenvalue weighted by molar-refractivity contribution is 7.99. The van der Waals surface area contributed by atoms with E-state index in [1.165, 1.54) is 11.8 Å². The van der Waals surface area contributed by atoms with Gasteiger partial charge in [0.25, 0.3) is 0 Å². The Morgan fingerprint density at radius 3 is 2.40 bits per heavy atom. The van der Waals surface area contributed by atoms with Crippen molar-refractivity contribution in [1.82, 2.24) is 20.1 Å². The zero-order valence-electron chi connectivity index (χ0n) is 18.3. The maximum atomic E-state index is 12.7. The number of carbonyl (C=O) groups is 2. The first-order valence-electron chi connectivity index (χ1n) is 10.4. The van der Waals surface area contributed by atoms with E-state index in [2.05, 4.69) is 43.2 Å². The van der Waals surface area contributed by atoms with Crippen LogP contribution in [-0.4, -0.2) is 32.3 Å². The van der Waals surface area contributed by atoms with Gasteiger partial charge in [0.2, 0.25) is 11.8 Å². The lowest BCUT2D eigenvalue weighted by Gasteiger charge is -2.21. The van der Waals surface area contributed by atoms with Crippen LogP contribution in [0, 0.1) is 11.8 Å². The molecule has 30 heavy (non-hydrogen) atoms. The molecule has 0 aliphatic rings. The number of nitrogens with one attached hydrogen (secondary N) is 1. The van der Waals surface area contributed by atoms with Crippen LogP contribution in [-0.2, 0) is 22.6 Å². The summed E-state index contributed by atoms with van der Waals surface area (Å²) in [7, 11) is 0. The van der Waals surface area contributed by atoms with Gasteiger partial charge in [-0.1, -0.05) is 69.8 Å². The number of hydrogen-bond donors (Lipinski definition) is 2. The molecule has 0 saturated heterocycles. The number of amides is 2. The second-order valence-corrected chi connectivity index (χ2v) is 9.26. The Labute approximate surface area is 183 Å². The first kappa shape index (κ1) is 23.9. The van der Waals surface area contributed by atoms with Crippen molar-refractivity contribution >= 4 is 23.6 Å². The lowest BCUT2D eigenvalue weighted by molar-refractivity contribution is -0.119. The Hall–Kier alpha value is -2.35. The number of aromatic nitrogens is 3. The molecule has 1 heterocycles. The van der Waals surface area contributed by atoms with Gasteiger partial charge < -0.3 is 15.6 Å². The molecule has 7 nitrogen and oxygen atoms in total. The van der Waals surface area contributed by atoms with Gasteiger partial charge in [-0.15, -0.1) is 10.2 Å². The van der Waals surface area contributed by atoms with E-state index in [-0.39, 0.29) is 30.0 Å². The molecule has 3 N–H and O–H groups in total. The molecule has 0 aliphatic carbocycles. The molecule has 0 radical (unpaired) electrons. The number of aryl methyl sites for hydroxylation is 1. The van der Waals surface area contributed by atoms with Crippen LogP contribution in [0.5, 0.6) is 0 Å². The van der Waals surface area contributed by atoms with Gasteiger partial charge >= 0.3 is 0 Å². The minimum Gasteiger partial charge on any atom is -0.370 e. The topological polar surface area (TPSA) is 103 Å². The molecule has 1 aromatic heterocycles. The molecule has 8 heteroatoms. The summed E-state index contributed by atoms with van der Waals surface area (Å²) in [4.78, 5) is 23.8. The Morgan fingerprint density at radius 2 is 1.80 bits per heavy atom. The van der Waals surface area contributed by atoms with Crippen molar-refractivity contribution in [3.05, 3.63) is 41.7 Å². The monoisotopic (exact) mass is 431 g/mol. The Bertz CT molecular complexity index is 820. The molecule has 1 aromatic carbocycles. The SMILES string of the molecule is CC(C)CC(NC(=O)CSc1nnc(CCC(N)=O)n1CC(C)C)c1ccccc1. The maximum Gasteiger partial charge on any atom is 0.230 e. The summed E-state index contributed by atoms with van der Waals surface area (Å²) in [5.41, 5.74) is 6.38. The zero-order valence-corrected chi connectivity index (χ0v) is 19.1. The number of nitrogens with zero attached hydrogens (tertiary/aromatic N) is 3. The van der Waals surface area contributed by atoms with Crippen molar-refractivity contribution in [1.29, 1.82) is 0 Å². The number of rotatable bonds is 12. The van der Waals surface area contributed by atoms with Crippen molar-refractivity contribution in [2.24, 2.45) is 17.6 Å². The minimum absolute atomic E-state index is 0.0149. The molecule has 2 rings (SSSR count). The molecular formula is C22H33N5O2S. The number of nitrogens with two attached hydrogens (primary N) is 1. The third-order valence-electron chi connectivity index (χ3n) is 4.51. The Morgan fingerprint density at radius 1 is 1.10 bits per heavy atom. The van der Waals surface area contributed by atoms with Crippen LogP contribution in [0.2, 0.25) is 0 Å². The smallest absolute Gasteiger partial charge is 0.230 e. The van der Waals surface area contributed by atoms with Crippen molar-refractivity contribution < 1.29 is 9.59 Å². The van der Waals surface area contributed by atoms with Crippen molar-refractivity contribution in [2.75, 3.05) is 5.75 Å². The van der Waals surface area contributed by atoms with Crippen LogP contribution >= 0.6 is 11.8 Å². The highest BCUT2D eigenvalue weighted by Gasteiger charge is 2.19. The Kier molecular flexibility index (Phi) is 9.36. The molecule has 1 atom stereocenters. The number of benzene rings is 1. The summed E-state index contributed by atoms with van der Waals surface area (Å²) in [5.74, 6) is 1.44. The van der Waals surface area contributed by atoms with Crippen LogP contribution in [0.4, 0.5) is 0 Å². The number of hydrogen-bond acceptors (Lipinski definition) is 5. The molecule has 1 unspecified atom stereocenters. The molecule has 0 fully saturated rings. The molecule has 0 saturated carbocycles. The van der Waals surface area contributed by atoms with Gasteiger partial charge in [0.15, 0.2) is 5.16 Å². The van der Waals surface area contributed by atoms with Crippen LogP contribution in [0.1, 0.15) is 58.0 Å². The van der Waals surface area contributed by atoms with E-state index in [0.717, 1.165) is 24.4 Å². The predicted octanol–water partition coefficient (Wildman–Crippen LogP) is 3.35. The third kappa shape index (κ3) is 7.82. The first-order valence-corrected chi connectivity index (χ1v) is 11.4. The second-order valence-electron chi connectivity index (χ2n) is 8.32. The fraction of sp³-hybridized carbons (Fsp3) is 0.545. The standard InChI is InChI=1S/C22H33N5O2S/c1-15(2)12-18(17-8-6-5-7-9-17)24-21(29)14-30-22-26-25-20(11-10-19(23)28)27(22)13-16(3)4/h5-9,15-16,18H,10-14H2,1-4H3,(H2,23,28)(H,24,29). The third-order valence-corrected chi connectivity index (χ3v) is 5.48. The van der Waals surface area contributed by atoms with Crippen LogP contribution in [0.15, 0.2) is 35.5 Å². The largest absolute Gasteiger partial charge is 0.370 e. The molecule has 0 aliphatic heterocycles. The van der Waals surface area contributed by atoms with E-state index in [9.17, 15) is 9.59 Å². The second kappa shape index (κ2) is 11.7. The molecule has 0 bridgehead atoms. The Balaban J connectivity index is 2.04. The van der Waals surface area contributed by atoms with E-state index in [4.69, 9.17) is 5.73 Å². The average molecular weight is 432 g/mol. The van der Waals surface area contributed by atoms with Gasteiger partial charge in [0, 0.05) is 19.4 Å². The van der Waals surface area contributed by atoms with E-state index < -0.39 is 0 Å². The predicted molar refractivity (Wildman–Crippen MR) is 120 cm³/mol. The van der Waals surface area contributed by atoms with Crippen molar-refractivity contribution in [3.63, 3.8) is 0 Å². The van der Waals surface area contributed by atoms with Gasteiger partial charge in [-0.05, 0) is 23.8 Å². The van der Waals surface area contributed by atoms with Gasteiger partial charge in [0.1, 0.15) is 5.82 Å². The van der Waals surface area contributed by atoms with Gasteiger partial charge in [-0.3, -0.25) is 9.59 Å². The van der Waals surface area contributed by atoms with Crippen molar-refractivity contribution in [2.45, 2.75) is 64.7 Å². The minimum atomic E-state index is -0.361. The molecule has 0 spiro atoms. The van der Waals surface area contributed by atoms with E-state index in [1.54, 1.807) is 0 Å². The number of carbonyl (C=O) groups excluding carboxylic acids is 2. The van der Waals surface area contributed by atoms with Gasteiger partial charge in [0.05, 0.1) is 11.8 Å². The lowest BCUT2D eigenvalue weighted by Crippen LogP contribution is -2.31. The summed E-state index contributed by atoms with van der Waals surface area (Å²) in [6.07, 6.45) is 1.56. The quantitative estimate of drug-likeness (QED) is 0.502. The van der Waals surface area contributed by atoms with Crippen molar-refractivity contribution in [3.8, 4) is 0 Å². The van der Waals surface area contributed by atoms with Crippen LogP contribution in [0.3, 0.4) is 0 Å². The maximum absolute atomic E-state index is 12.7. The zero-order chi connectivity index (χ0) is 22.1. The normalized spacial score (nSPS) is 12.3.